The second-order valence-electron chi connectivity index (χ2n) is 3.45. The number of nitrogens with zero attached hydrogens (tertiary/aromatic N) is 2. The number of hydrogen-bond acceptors (Lipinski definition) is 4. The lowest BCUT2D eigenvalue weighted by molar-refractivity contribution is 0.0166. The summed E-state index contributed by atoms with van der Waals surface area (Å²) in [6, 6.07) is 0. The van der Waals surface area contributed by atoms with E-state index in [1.807, 2.05) is 0 Å². The van der Waals surface area contributed by atoms with Crippen molar-refractivity contribution in [3.8, 4) is 0 Å². The fraction of sp³-hybridized carbons (Fsp3) is 0.444. The number of anilines is 1. The van der Waals surface area contributed by atoms with Crippen LogP contribution in [0.15, 0.2) is 6.20 Å². The highest BCUT2D eigenvalue weighted by Gasteiger charge is 2.21. The van der Waals surface area contributed by atoms with Crippen LogP contribution in [-0.4, -0.2) is 33.5 Å². The summed E-state index contributed by atoms with van der Waals surface area (Å²) in [4.78, 5) is 17.9. The van der Waals surface area contributed by atoms with Crippen LogP contribution >= 0.6 is 11.6 Å². The summed E-state index contributed by atoms with van der Waals surface area (Å²) < 4.78 is 25.1. The first-order valence-corrected chi connectivity index (χ1v) is 5.05. The molecule has 1 rings (SSSR count). The van der Waals surface area contributed by atoms with E-state index in [2.05, 4.69) is 15.3 Å². The number of carboxylic acids is 1. The number of rotatable bonds is 5. The van der Waals surface area contributed by atoms with Gasteiger partial charge < -0.3 is 10.4 Å². The first kappa shape index (κ1) is 13.6. The van der Waals surface area contributed by atoms with Crippen molar-refractivity contribution < 1.29 is 18.7 Å². The molecule has 0 spiro atoms. The number of carbonyl (C=O) groups is 1. The van der Waals surface area contributed by atoms with Crippen molar-refractivity contribution in [1.82, 2.24) is 9.97 Å². The van der Waals surface area contributed by atoms with Crippen LogP contribution in [0.1, 0.15) is 23.7 Å². The molecule has 1 aromatic rings. The summed E-state index contributed by atoms with van der Waals surface area (Å²) >= 11 is 5.49. The van der Waals surface area contributed by atoms with Crippen molar-refractivity contribution in [3.05, 3.63) is 17.0 Å². The van der Waals surface area contributed by atoms with Crippen molar-refractivity contribution >= 4 is 23.4 Å². The summed E-state index contributed by atoms with van der Waals surface area (Å²) in [5.74, 6) is -4.15. The molecule has 0 unspecified atom stereocenters. The predicted molar refractivity (Wildman–Crippen MR) is 57.7 cm³/mol. The maximum absolute atomic E-state index is 12.5. The fourth-order valence-electron chi connectivity index (χ4n) is 1.05. The van der Waals surface area contributed by atoms with Crippen LogP contribution < -0.4 is 5.32 Å². The van der Waals surface area contributed by atoms with Gasteiger partial charge in [-0.3, -0.25) is 0 Å². The Kier molecular flexibility index (Phi) is 4.17. The molecule has 0 atom stereocenters. The Hall–Kier alpha value is -1.50. The third-order valence-electron chi connectivity index (χ3n) is 1.85. The van der Waals surface area contributed by atoms with Crippen LogP contribution in [0.4, 0.5) is 14.6 Å². The number of carboxylic acid groups (broad SMARTS) is 1. The summed E-state index contributed by atoms with van der Waals surface area (Å²) in [7, 11) is 0. The van der Waals surface area contributed by atoms with Crippen LogP contribution in [0.3, 0.4) is 0 Å². The van der Waals surface area contributed by atoms with E-state index in [9.17, 15) is 13.6 Å². The molecule has 0 radical (unpaired) electrons. The van der Waals surface area contributed by atoms with Gasteiger partial charge in [0, 0.05) is 19.2 Å². The number of halogens is 3. The average molecular weight is 266 g/mol. The molecule has 0 aliphatic rings. The van der Waals surface area contributed by atoms with Crippen LogP contribution in [0, 0.1) is 0 Å². The lowest BCUT2D eigenvalue weighted by atomic mass is 10.2. The van der Waals surface area contributed by atoms with Gasteiger partial charge in [0.2, 0.25) is 11.2 Å². The smallest absolute Gasteiger partial charge is 0.341 e. The predicted octanol–water partition coefficient (Wildman–Crippen LogP) is 2.29. The van der Waals surface area contributed by atoms with Crippen molar-refractivity contribution in [3.63, 3.8) is 0 Å². The zero-order valence-electron chi connectivity index (χ0n) is 8.88. The Balaban J connectivity index is 2.75. The molecule has 1 heterocycles. The molecule has 0 aromatic carbocycles. The van der Waals surface area contributed by atoms with Crippen molar-refractivity contribution in [2.45, 2.75) is 19.3 Å². The molecule has 0 aliphatic carbocycles. The fourth-order valence-corrected chi connectivity index (χ4v) is 1.19. The van der Waals surface area contributed by atoms with Gasteiger partial charge in [-0.05, 0) is 18.5 Å². The molecule has 0 saturated carbocycles. The molecular formula is C9H10ClF2N3O2. The van der Waals surface area contributed by atoms with Crippen LogP contribution in [-0.2, 0) is 0 Å². The van der Waals surface area contributed by atoms with E-state index in [1.54, 1.807) is 0 Å². The second-order valence-corrected chi connectivity index (χ2v) is 3.79. The third-order valence-corrected chi connectivity index (χ3v) is 2.03. The zero-order valence-corrected chi connectivity index (χ0v) is 9.63. The molecule has 1 aromatic heterocycles. The Labute approximate surface area is 101 Å². The highest BCUT2D eigenvalue weighted by atomic mass is 35.5. The molecule has 0 aliphatic heterocycles. The first-order chi connectivity index (χ1) is 7.79. The second kappa shape index (κ2) is 5.22. The van der Waals surface area contributed by atoms with E-state index in [-0.39, 0.29) is 23.2 Å². The van der Waals surface area contributed by atoms with Gasteiger partial charge in [-0.1, -0.05) is 0 Å². The van der Waals surface area contributed by atoms with Gasteiger partial charge in [-0.15, -0.1) is 0 Å². The van der Waals surface area contributed by atoms with E-state index < -0.39 is 18.3 Å². The number of alkyl halides is 2. The molecule has 0 saturated heterocycles. The van der Waals surface area contributed by atoms with Gasteiger partial charge in [-0.25, -0.2) is 18.6 Å². The number of aromatic nitrogens is 2. The molecule has 0 bridgehead atoms. The van der Waals surface area contributed by atoms with Gasteiger partial charge >= 0.3 is 5.97 Å². The van der Waals surface area contributed by atoms with Crippen molar-refractivity contribution in [2.75, 3.05) is 11.9 Å². The summed E-state index contributed by atoms with van der Waals surface area (Å²) in [6.45, 7) is 0.664. The number of nitrogens with one attached hydrogen (secondary N) is 1. The molecule has 5 nitrogen and oxygen atoms in total. The van der Waals surface area contributed by atoms with Gasteiger partial charge in [-0.2, -0.15) is 4.98 Å². The molecule has 17 heavy (non-hydrogen) atoms. The number of hydrogen-bond donors (Lipinski definition) is 2. The lowest BCUT2D eigenvalue weighted by Crippen LogP contribution is -2.18. The zero-order chi connectivity index (χ0) is 13.1. The summed E-state index contributed by atoms with van der Waals surface area (Å²) in [5.41, 5.74) is -0.214. The first-order valence-electron chi connectivity index (χ1n) is 4.67. The van der Waals surface area contributed by atoms with Crippen molar-refractivity contribution in [1.29, 1.82) is 0 Å². The summed E-state index contributed by atoms with van der Waals surface area (Å²) in [5, 5.41) is 11.1. The van der Waals surface area contributed by atoms with Gasteiger partial charge in [0.05, 0.1) is 0 Å². The Morgan fingerprint density at radius 3 is 2.82 bits per heavy atom. The van der Waals surface area contributed by atoms with Crippen LogP contribution in [0.25, 0.3) is 0 Å². The Morgan fingerprint density at radius 2 is 2.29 bits per heavy atom. The van der Waals surface area contributed by atoms with E-state index in [1.165, 1.54) is 0 Å². The SMILES string of the molecule is CC(F)(F)CCNc1nc(Cl)ncc1C(=O)O. The van der Waals surface area contributed by atoms with E-state index in [4.69, 9.17) is 16.7 Å². The minimum absolute atomic E-state index is 0.0678. The number of aromatic carboxylic acids is 1. The van der Waals surface area contributed by atoms with Crippen LogP contribution in [0.5, 0.6) is 0 Å². The minimum atomic E-state index is -2.83. The minimum Gasteiger partial charge on any atom is -0.477 e. The normalized spacial score (nSPS) is 11.3. The maximum atomic E-state index is 12.5. The largest absolute Gasteiger partial charge is 0.477 e. The molecule has 8 heteroatoms. The maximum Gasteiger partial charge on any atom is 0.341 e. The van der Waals surface area contributed by atoms with Gasteiger partial charge in [0.25, 0.3) is 0 Å². The van der Waals surface area contributed by atoms with Gasteiger partial charge in [0.1, 0.15) is 11.4 Å². The van der Waals surface area contributed by atoms with Crippen molar-refractivity contribution in [2.24, 2.45) is 0 Å². The lowest BCUT2D eigenvalue weighted by Gasteiger charge is -2.12. The van der Waals surface area contributed by atoms with E-state index in [0.29, 0.717) is 0 Å². The Morgan fingerprint density at radius 1 is 1.65 bits per heavy atom. The quantitative estimate of drug-likeness (QED) is 0.799. The van der Waals surface area contributed by atoms with E-state index in [0.717, 1.165) is 13.1 Å². The molecule has 94 valence electrons. The average Bonchev–Trinajstić information content (AvgIpc) is 2.15. The van der Waals surface area contributed by atoms with Gasteiger partial charge in [0.15, 0.2) is 0 Å². The standard InChI is InChI=1S/C9H10ClF2N3O2/c1-9(11,12)2-3-13-6-5(7(16)17)4-14-8(10)15-6/h4H,2-3H2,1H3,(H,16,17)(H,13,14,15). The molecule has 0 fully saturated rings. The Bertz CT molecular complexity index is 423. The highest BCUT2D eigenvalue weighted by Crippen LogP contribution is 2.18. The highest BCUT2D eigenvalue weighted by molar-refractivity contribution is 6.28. The summed E-state index contributed by atoms with van der Waals surface area (Å²) in [6.07, 6.45) is 0.581. The molecule has 2 N–H and O–H groups in total. The van der Waals surface area contributed by atoms with E-state index >= 15 is 0 Å². The topological polar surface area (TPSA) is 75.1 Å². The monoisotopic (exact) mass is 265 g/mol. The third kappa shape index (κ3) is 4.48. The molecule has 0 amide bonds. The molecular weight excluding hydrogens is 256 g/mol. The van der Waals surface area contributed by atoms with Crippen LogP contribution in [0.2, 0.25) is 5.28 Å².